The topological polar surface area (TPSA) is 74.8 Å². The molecule has 156 valence electrons. The van der Waals surface area contributed by atoms with E-state index in [1.165, 1.54) is 19.3 Å². The van der Waals surface area contributed by atoms with E-state index in [9.17, 15) is 4.79 Å². The van der Waals surface area contributed by atoms with Gasteiger partial charge in [-0.05, 0) is 63.1 Å². The SMILES string of the molecule is CN=C(NCc1cccc(C(=O)NC(C)(C)C)c1)NCC1(CCOC)CCC1. The van der Waals surface area contributed by atoms with Crippen molar-refractivity contribution in [3.05, 3.63) is 35.4 Å². The van der Waals surface area contributed by atoms with Crippen molar-refractivity contribution in [2.24, 2.45) is 10.4 Å². The van der Waals surface area contributed by atoms with Crippen molar-refractivity contribution < 1.29 is 9.53 Å². The summed E-state index contributed by atoms with van der Waals surface area (Å²) in [6.07, 6.45) is 4.86. The number of methoxy groups -OCH3 is 1. The van der Waals surface area contributed by atoms with E-state index in [0.717, 1.165) is 31.1 Å². The molecule has 0 saturated heterocycles. The second-order valence-corrected chi connectivity index (χ2v) is 8.78. The molecule has 6 heteroatoms. The number of hydrogen-bond acceptors (Lipinski definition) is 3. The molecule has 28 heavy (non-hydrogen) atoms. The van der Waals surface area contributed by atoms with E-state index in [4.69, 9.17) is 4.74 Å². The standard InChI is InChI=1S/C22H36N4O2/c1-21(2,3)26-19(27)18-9-6-8-17(14-18)15-24-20(23-4)25-16-22(10-7-11-22)12-13-28-5/h6,8-9,14H,7,10-13,15-16H2,1-5H3,(H,26,27)(H2,23,24,25). The maximum atomic E-state index is 12.4. The van der Waals surface area contributed by atoms with Crippen molar-refractivity contribution in [3.8, 4) is 0 Å². The first-order chi connectivity index (χ1) is 13.3. The Hall–Kier alpha value is -2.08. The zero-order valence-corrected chi connectivity index (χ0v) is 18.0. The largest absolute Gasteiger partial charge is 0.385 e. The number of carbonyl (C=O) groups is 1. The van der Waals surface area contributed by atoms with Gasteiger partial charge >= 0.3 is 0 Å². The summed E-state index contributed by atoms with van der Waals surface area (Å²) in [4.78, 5) is 16.7. The molecule has 0 radical (unpaired) electrons. The lowest BCUT2D eigenvalue weighted by Crippen LogP contribution is -2.46. The van der Waals surface area contributed by atoms with E-state index in [2.05, 4.69) is 20.9 Å². The molecule has 1 aromatic rings. The van der Waals surface area contributed by atoms with Crippen LogP contribution in [0.4, 0.5) is 0 Å². The molecular formula is C22H36N4O2. The second kappa shape index (κ2) is 9.92. The molecule has 0 heterocycles. The Morgan fingerprint density at radius 1 is 1.25 bits per heavy atom. The molecule has 0 unspecified atom stereocenters. The first-order valence-corrected chi connectivity index (χ1v) is 10.1. The van der Waals surface area contributed by atoms with Crippen LogP contribution in [0.2, 0.25) is 0 Å². The minimum absolute atomic E-state index is 0.0538. The number of amides is 1. The van der Waals surface area contributed by atoms with Gasteiger partial charge in [-0.15, -0.1) is 0 Å². The molecule has 0 aromatic heterocycles. The fourth-order valence-corrected chi connectivity index (χ4v) is 3.42. The first kappa shape index (κ1) is 22.2. The summed E-state index contributed by atoms with van der Waals surface area (Å²) in [5.41, 5.74) is 1.79. The van der Waals surface area contributed by atoms with Gasteiger partial charge in [0, 0.05) is 45.0 Å². The number of rotatable bonds is 8. The van der Waals surface area contributed by atoms with Gasteiger partial charge in [0.2, 0.25) is 0 Å². The van der Waals surface area contributed by atoms with Crippen LogP contribution in [0.5, 0.6) is 0 Å². The molecular weight excluding hydrogens is 352 g/mol. The molecule has 1 aromatic carbocycles. The third kappa shape index (κ3) is 6.82. The fraction of sp³-hybridized carbons (Fsp3) is 0.636. The Kier molecular flexibility index (Phi) is 7.87. The van der Waals surface area contributed by atoms with E-state index in [0.29, 0.717) is 17.5 Å². The van der Waals surface area contributed by atoms with Crippen LogP contribution >= 0.6 is 0 Å². The summed E-state index contributed by atoms with van der Waals surface area (Å²) in [5.74, 6) is 0.732. The van der Waals surface area contributed by atoms with E-state index in [1.807, 2.05) is 45.0 Å². The number of aliphatic imine (C=N–C) groups is 1. The molecule has 1 aliphatic rings. The highest BCUT2D eigenvalue weighted by Crippen LogP contribution is 2.43. The monoisotopic (exact) mass is 388 g/mol. The van der Waals surface area contributed by atoms with Crippen molar-refractivity contribution in [1.82, 2.24) is 16.0 Å². The summed E-state index contributed by atoms with van der Waals surface area (Å²) in [6, 6.07) is 7.69. The van der Waals surface area contributed by atoms with Crippen LogP contribution in [0.1, 0.15) is 62.4 Å². The number of ether oxygens (including phenoxy) is 1. The molecule has 0 aliphatic heterocycles. The van der Waals surface area contributed by atoms with E-state index in [1.54, 1.807) is 14.2 Å². The lowest BCUT2D eigenvalue weighted by Gasteiger charge is -2.42. The minimum Gasteiger partial charge on any atom is -0.385 e. The highest BCUT2D eigenvalue weighted by Gasteiger charge is 2.36. The van der Waals surface area contributed by atoms with Crippen LogP contribution in [-0.4, -0.2) is 44.7 Å². The molecule has 1 amide bonds. The predicted octanol–water partition coefficient (Wildman–Crippen LogP) is 3.09. The molecule has 0 atom stereocenters. The lowest BCUT2D eigenvalue weighted by molar-refractivity contribution is 0.0732. The van der Waals surface area contributed by atoms with Gasteiger partial charge in [0.25, 0.3) is 5.91 Å². The maximum absolute atomic E-state index is 12.4. The van der Waals surface area contributed by atoms with Crippen molar-refractivity contribution in [1.29, 1.82) is 0 Å². The molecule has 1 saturated carbocycles. The van der Waals surface area contributed by atoms with E-state index < -0.39 is 0 Å². The predicted molar refractivity (Wildman–Crippen MR) is 115 cm³/mol. The summed E-state index contributed by atoms with van der Waals surface area (Å²) in [7, 11) is 3.54. The molecule has 1 fully saturated rings. The van der Waals surface area contributed by atoms with Crippen molar-refractivity contribution in [2.75, 3.05) is 27.3 Å². The van der Waals surface area contributed by atoms with Crippen molar-refractivity contribution in [3.63, 3.8) is 0 Å². The van der Waals surface area contributed by atoms with Crippen LogP contribution in [-0.2, 0) is 11.3 Å². The zero-order valence-electron chi connectivity index (χ0n) is 18.0. The lowest BCUT2D eigenvalue weighted by atomic mass is 9.67. The van der Waals surface area contributed by atoms with Crippen LogP contribution < -0.4 is 16.0 Å². The number of hydrogen-bond donors (Lipinski definition) is 3. The average Bonchev–Trinajstić information content (AvgIpc) is 2.61. The van der Waals surface area contributed by atoms with Gasteiger partial charge in [0.05, 0.1) is 0 Å². The van der Waals surface area contributed by atoms with E-state index >= 15 is 0 Å². The highest BCUT2D eigenvalue weighted by molar-refractivity contribution is 5.94. The molecule has 6 nitrogen and oxygen atoms in total. The van der Waals surface area contributed by atoms with Gasteiger partial charge in [0.1, 0.15) is 0 Å². The normalized spacial score (nSPS) is 16.2. The summed E-state index contributed by atoms with van der Waals surface area (Å²) < 4.78 is 5.27. The summed E-state index contributed by atoms with van der Waals surface area (Å²) in [5, 5.41) is 9.82. The van der Waals surface area contributed by atoms with Crippen LogP contribution in [0, 0.1) is 5.41 Å². The van der Waals surface area contributed by atoms with Gasteiger partial charge in [-0.2, -0.15) is 0 Å². The third-order valence-electron chi connectivity index (χ3n) is 5.24. The van der Waals surface area contributed by atoms with Crippen molar-refractivity contribution >= 4 is 11.9 Å². The van der Waals surface area contributed by atoms with Crippen molar-refractivity contribution in [2.45, 2.75) is 58.5 Å². The number of nitrogens with zero attached hydrogens (tertiary/aromatic N) is 1. The molecule has 1 aliphatic carbocycles. The van der Waals surface area contributed by atoms with Gasteiger partial charge in [-0.25, -0.2) is 0 Å². The number of carbonyl (C=O) groups excluding carboxylic acids is 1. The van der Waals surface area contributed by atoms with Crippen LogP contribution in [0.15, 0.2) is 29.3 Å². The molecule has 3 N–H and O–H groups in total. The first-order valence-electron chi connectivity index (χ1n) is 10.1. The average molecular weight is 389 g/mol. The second-order valence-electron chi connectivity index (χ2n) is 8.78. The van der Waals surface area contributed by atoms with Crippen LogP contribution in [0.25, 0.3) is 0 Å². The third-order valence-corrected chi connectivity index (χ3v) is 5.24. The maximum Gasteiger partial charge on any atom is 0.251 e. The van der Waals surface area contributed by atoms with Gasteiger partial charge in [0.15, 0.2) is 5.96 Å². The Balaban J connectivity index is 1.88. The molecule has 2 rings (SSSR count). The summed E-state index contributed by atoms with van der Waals surface area (Å²) >= 11 is 0. The van der Waals surface area contributed by atoms with Crippen LogP contribution in [0.3, 0.4) is 0 Å². The summed E-state index contributed by atoms with van der Waals surface area (Å²) in [6.45, 7) is 8.26. The fourth-order valence-electron chi connectivity index (χ4n) is 3.42. The highest BCUT2D eigenvalue weighted by atomic mass is 16.5. The number of nitrogens with one attached hydrogen (secondary N) is 3. The Labute approximate surface area is 169 Å². The van der Waals surface area contributed by atoms with Gasteiger partial charge in [-0.3, -0.25) is 9.79 Å². The van der Waals surface area contributed by atoms with Gasteiger partial charge < -0.3 is 20.7 Å². The Bertz CT molecular complexity index is 675. The Morgan fingerprint density at radius 2 is 2.00 bits per heavy atom. The zero-order chi connectivity index (χ0) is 20.6. The quantitative estimate of drug-likeness (QED) is 0.473. The number of guanidine groups is 1. The smallest absolute Gasteiger partial charge is 0.251 e. The van der Waals surface area contributed by atoms with E-state index in [-0.39, 0.29) is 11.4 Å². The molecule has 0 bridgehead atoms. The van der Waals surface area contributed by atoms with Gasteiger partial charge in [-0.1, -0.05) is 18.6 Å². The Morgan fingerprint density at radius 3 is 2.57 bits per heavy atom. The number of benzene rings is 1. The minimum atomic E-state index is -0.252. The molecule has 0 spiro atoms.